The summed E-state index contributed by atoms with van der Waals surface area (Å²) in [5.41, 5.74) is 2.68. The molecule has 1 aromatic heterocycles. The Hall–Kier alpha value is -2.14. The smallest absolute Gasteiger partial charge is 0.303 e. The van der Waals surface area contributed by atoms with Gasteiger partial charge in [-0.3, -0.25) is 9.59 Å². The summed E-state index contributed by atoms with van der Waals surface area (Å²) in [6, 6.07) is 9.19. The van der Waals surface area contributed by atoms with E-state index in [2.05, 4.69) is 5.32 Å². The fourth-order valence-electron chi connectivity index (χ4n) is 1.79. The average Bonchev–Trinajstić information content (AvgIpc) is 2.90. The lowest BCUT2D eigenvalue weighted by atomic mass is 10.1. The van der Waals surface area contributed by atoms with Crippen LogP contribution in [0.15, 0.2) is 41.1 Å². The molecule has 0 bridgehead atoms. The second-order valence-electron chi connectivity index (χ2n) is 4.45. The number of nitrogens with one attached hydrogen (secondary N) is 1. The molecule has 0 spiro atoms. The van der Waals surface area contributed by atoms with Crippen molar-refractivity contribution in [3.05, 3.63) is 52.2 Å². The molecule has 0 aliphatic carbocycles. The summed E-state index contributed by atoms with van der Waals surface area (Å²) in [5.74, 6) is -0.861. The van der Waals surface area contributed by atoms with Gasteiger partial charge in [0.15, 0.2) is 0 Å². The van der Waals surface area contributed by atoms with Crippen molar-refractivity contribution in [1.29, 1.82) is 0 Å². The first kappa shape index (κ1) is 14.3. The van der Waals surface area contributed by atoms with Crippen molar-refractivity contribution in [2.45, 2.75) is 19.3 Å². The van der Waals surface area contributed by atoms with E-state index in [1.165, 1.54) is 0 Å². The summed E-state index contributed by atoms with van der Waals surface area (Å²) in [7, 11) is 0. The third-order valence-electron chi connectivity index (χ3n) is 2.81. The van der Waals surface area contributed by atoms with Gasteiger partial charge < -0.3 is 10.4 Å². The second-order valence-corrected chi connectivity index (χ2v) is 5.23. The molecular formula is C15H15NO3S. The molecule has 0 atom stereocenters. The molecule has 2 N–H and O–H groups in total. The number of carboxylic acids is 1. The maximum absolute atomic E-state index is 11.8. The average molecular weight is 289 g/mol. The van der Waals surface area contributed by atoms with Crippen molar-refractivity contribution in [2.24, 2.45) is 0 Å². The van der Waals surface area contributed by atoms with Gasteiger partial charge in [-0.1, -0.05) is 12.1 Å². The number of amides is 1. The highest BCUT2D eigenvalue weighted by molar-refractivity contribution is 7.08. The SMILES string of the molecule is O=C(O)CCc1ccc(NC(=O)Cc2ccsc2)cc1. The molecule has 4 nitrogen and oxygen atoms in total. The summed E-state index contributed by atoms with van der Waals surface area (Å²) >= 11 is 1.57. The van der Waals surface area contributed by atoms with Crippen LogP contribution in [0.25, 0.3) is 0 Å². The Morgan fingerprint density at radius 2 is 1.85 bits per heavy atom. The lowest BCUT2D eigenvalue weighted by Crippen LogP contribution is -2.13. The number of hydrogen-bond donors (Lipinski definition) is 2. The first-order chi connectivity index (χ1) is 9.63. The predicted molar refractivity (Wildman–Crippen MR) is 79.1 cm³/mol. The van der Waals surface area contributed by atoms with Crippen LogP contribution in [0.1, 0.15) is 17.5 Å². The molecule has 104 valence electrons. The highest BCUT2D eigenvalue weighted by Crippen LogP contribution is 2.12. The van der Waals surface area contributed by atoms with E-state index in [1.54, 1.807) is 23.5 Å². The molecule has 1 heterocycles. The van der Waals surface area contributed by atoms with Crippen LogP contribution in [-0.2, 0) is 22.4 Å². The van der Waals surface area contributed by atoms with Crippen molar-refractivity contribution in [1.82, 2.24) is 0 Å². The zero-order valence-electron chi connectivity index (χ0n) is 10.8. The number of hydrogen-bond acceptors (Lipinski definition) is 3. The first-order valence-electron chi connectivity index (χ1n) is 6.25. The quantitative estimate of drug-likeness (QED) is 0.859. The lowest BCUT2D eigenvalue weighted by Gasteiger charge is -2.05. The minimum absolute atomic E-state index is 0.0540. The molecule has 0 aliphatic rings. The van der Waals surface area contributed by atoms with Crippen LogP contribution in [0.4, 0.5) is 5.69 Å². The second kappa shape index (κ2) is 6.86. The van der Waals surface area contributed by atoms with Crippen molar-refractivity contribution in [3.8, 4) is 0 Å². The number of aliphatic carboxylic acids is 1. The molecule has 1 amide bonds. The molecule has 20 heavy (non-hydrogen) atoms. The van der Waals surface area contributed by atoms with Crippen LogP contribution >= 0.6 is 11.3 Å². The standard InChI is InChI=1S/C15H15NO3S/c17-14(9-12-7-8-20-10-12)16-13-4-1-11(2-5-13)3-6-15(18)19/h1-2,4-5,7-8,10H,3,6,9H2,(H,16,17)(H,18,19). The van der Waals surface area contributed by atoms with Crippen LogP contribution in [0, 0.1) is 0 Å². The summed E-state index contributed by atoms with van der Waals surface area (Å²) in [6.07, 6.45) is 0.979. The molecule has 0 saturated heterocycles. The molecule has 0 aliphatic heterocycles. The molecule has 1 aromatic carbocycles. The Balaban J connectivity index is 1.86. The Bertz CT molecular complexity index is 576. The van der Waals surface area contributed by atoms with Crippen molar-refractivity contribution in [3.63, 3.8) is 0 Å². The summed E-state index contributed by atoms with van der Waals surface area (Å²) in [5, 5.41) is 15.3. The minimum atomic E-state index is -0.807. The fraction of sp³-hybridized carbons (Fsp3) is 0.200. The van der Waals surface area contributed by atoms with Crippen molar-refractivity contribution >= 4 is 28.9 Å². The molecule has 2 rings (SSSR count). The third kappa shape index (κ3) is 4.51. The largest absolute Gasteiger partial charge is 0.481 e. The predicted octanol–water partition coefficient (Wildman–Crippen LogP) is 2.95. The Morgan fingerprint density at radius 3 is 2.45 bits per heavy atom. The van der Waals surface area contributed by atoms with Crippen molar-refractivity contribution < 1.29 is 14.7 Å². The Labute approximate surface area is 121 Å². The monoisotopic (exact) mass is 289 g/mol. The number of thiophene rings is 1. The van der Waals surface area contributed by atoms with Crippen molar-refractivity contribution in [2.75, 3.05) is 5.32 Å². The number of anilines is 1. The van der Waals surface area contributed by atoms with Gasteiger partial charge in [0, 0.05) is 12.1 Å². The van der Waals surface area contributed by atoms with Gasteiger partial charge in [0.2, 0.25) is 5.91 Å². The molecule has 5 heteroatoms. The van der Waals surface area contributed by atoms with Crippen LogP contribution in [0.3, 0.4) is 0 Å². The van der Waals surface area contributed by atoms with Gasteiger partial charge in [0.25, 0.3) is 0 Å². The highest BCUT2D eigenvalue weighted by Gasteiger charge is 2.05. The first-order valence-corrected chi connectivity index (χ1v) is 7.19. The normalized spacial score (nSPS) is 10.2. The number of carbonyl (C=O) groups excluding carboxylic acids is 1. The molecule has 0 fully saturated rings. The van der Waals surface area contributed by atoms with E-state index in [4.69, 9.17) is 5.11 Å². The zero-order chi connectivity index (χ0) is 14.4. The van der Waals surface area contributed by atoms with Gasteiger partial charge in [-0.05, 0) is 46.5 Å². The summed E-state index contributed by atoms with van der Waals surface area (Å²) in [4.78, 5) is 22.3. The number of rotatable bonds is 6. The zero-order valence-corrected chi connectivity index (χ0v) is 11.7. The van der Waals surface area contributed by atoms with E-state index in [9.17, 15) is 9.59 Å². The number of carbonyl (C=O) groups is 2. The van der Waals surface area contributed by atoms with E-state index in [-0.39, 0.29) is 12.3 Å². The molecule has 0 saturated carbocycles. The van der Waals surface area contributed by atoms with E-state index in [0.717, 1.165) is 16.8 Å². The van der Waals surface area contributed by atoms with Gasteiger partial charge in [-0.2, -0.15) is 11.3 Å². The number of benzene rings is 1. The maximum atomic E-state index is 11.8. The topological polar surface area (TPSA) is 66.4 Å². The van der Waals surface area contributed by atoms with Crippen LogP contribution in [-0.4, -0.2) is 17.0 Å². The van der Waals surface area contributed by atoms with Gasteiger partial charge in [0.1, 0.15) is 0 Å². The van der Waals surface area contributed by atoms with E-state index >= 15 is 0 Å². The molecule has 2 aromatic rings. The number of carboxylic acid groups (broad SMARTS) is 1. The maximum Gasteiger partial charge on any atom is 0.303 e. The molecule has 0 radical (unpaired) electrons. The summed E-state index contributed by atoms with van der Waals surface area (Å²) < 4.78 is 0. The van der Waals surface area contributed by atoms with E-state index < -0.39 is 5.97 Å². The molecule has 0 unspecified atom stereocenters. The lowest BCUT2D eigenvalue weighted by molar-refractivity contribution is -0.137. The number of aryl methyl sites for hydroxylation is 1. The van der Waals surface area contributed by atoms with Gasteiger partial charge in [-0.15, -0.1) is 0 Å². The van der Waals surface area contributed by atoms with Crippen LogP contribution in [0.5, 0.6) is 0 Å². The van der Waals surface area contributed by atoms with Gasteiger partial charge >= 0.3 is 5.97 Å². The highest BCUT2D eigenvalue weighted by atomic mass is 32.1. The van der Waals surface area contributed by atoms with Crippen LogP contribution < -0.4 is 5.32 Å². The van der Waals surface area contributed by atoms with E-state index in [1.807, 2.05) is 29.0 Å². The Kier molecular flexibility index (Phi) is 4.90. The molecular weight excluding hydrogens is 274 g/mol. The van der Waals surface area contributed by atoms with Gasteiger partial charge in [0.05, 0.1) is 6.42 Å². The third-order valence-corrected chi connectivity index (χ3v) is 3.54. The summed E-state index contributed by atoms with van der Waals surface area (Å²) in [6.45, 7) is 0. The van der Waals surface area contributed by atoms with Gasteiger partial charge in [-0.25, -0.2) is 0 Å². The van der Waals surface area contributed by atoms with E-state index in [0.29, 0.717) is 12.8 Å². The fourth-order valence-corrected chi connectivity index (χ4v) is 2.46. The Morgan fingerprint density at radius 1 is 1.10 bits per heavy atom. The minimum Gasteiger partial charge on any atom is -0.481 e. The van der Waals surface area contributed by atoms with Crippen LogP contribution in [0.2, 0.25) is 0 Å².